The molecule has 5 heteroatoms. The van der Waals surface area contributed by atoms with Crippen molar-refractivity contribution >= 4 is 15.7 Å². The van der Waals surface area contributed by atoms with Crippen LogP contribution in [-0.4, -0.2) is 26.2 Å². The van der Waals surface area contributed by atoms with Crippen LogP contribution in [-0.2, 0) is 9.84 Å². The lowest BCUT2D eigenvalue weighted by atomic mass is 9.97. The van der Waals surface area contributed by atoms with E-state index >= 15 is 0 Å². The van der Waals surface area contributed by atoms with Gasteiger partial charge in [0.1, 0.15) is 5.82 Å². The smallest absolute Gasteiger partial charge is 0.177 e. The second-order valence-electron chi connectivity index (χ2n) is 6.34. The second kappa shape index (κ2) is 5.96. The lowest BCUT2D eigenvalue weighted by Crippen LogP contribution is -2.24. The molecule has 1 atom stereocenters. The van der Waals surface area contributed by atoms with E-state index in [1.165, 1.54) is 29.1 Å². The highest BCUT2D eigenvalue weighted by Gasteiger charge is 2.28. The average molecular weight is 330 g/mol. The molecule has 0 spiro atoms. The molecule has 4 nitrogen and oxygen atoms in total. The van der Waals surface area contributed by atoms with Gasteiger partial charge in [-0.1, -0.05) is 23.8 Å². The van der Waals surface area contributed by atoms with Crippen LogP contribution in [0.25, 0.3) is 0 Å². The SMILES string of the molecule is Cc1ccc(C)c(C2CCCN2c2ccc(S(C)(=O)=O)cn2)c1. The molecular formula is C18H22N2O2S. The van der Waals surface area contributed by atoms with Crippen LogP contribution in [0.15, 0.2) is 41.4 Å². The van der Waals surface area contributed by atoms with Crippen molar-refractivity contribution in [3.8, 4) is 0 Å². The van der Waals surface area contributed by atoms with Gasteiger partial charge in [-0.15, -0.1) is 0 Å². The highest BCUT2D eigenvalue weighted by atomic mass is 32.2. The van der Waals surface area contributed by atoms with E-state index in [0.717, 1.165) is 25.2 Å². The number of hydrogen-bond acceptors (Lipinski definition) is 4. The summed E-state index contributed by atoms with van der Waals surface area (Å²) < 4.78 is 23.2. The van der Waals surface area contributed by atoms with E-state index in [4.69, 9.17) is 0 Å². The molecule has 2 heterocycles. The topological polar surface area (TPSA) is 50.3 Å². The quantitative estimate of drug-likeness (QED) is 0.865. The van der Waals surface area contributed by atoms with Crippen molar-refractivity contribution in [2.75, 3.05) is 17.7 Å². The fourth-order valence-corrected chi connectivity index (χ4v) is 3.80. The van der Waals surface area contributed by atoms with Gasteiger partial charge in [0.2, 0.25) is 0 Å². The first-order valence-electron chi connectivity index (χ1n) is 7.86. The average Bonchev–Trinajstić information content (AvgIpc) is 2.98. The Morgan fingerprint density at radius 1 is 1.17 bits per heavy atom. The number of sulfone groups is 1. The minimum Gasteiger partial charge on any atom is -0.350 e. The van der Waals surface area contributed by atoms with Crippen LogP contribution >= 0.6 is 0 Å². The number of benzene rings is 1. The fraction of sp³-hybridized carbons (Fsp3) is 0.389. The maximum absolute atomic E-state index is 11.6. The molecule has 23 heavy (non-hydrogen) atoms. The molecule has 1 aromatic carbocycles. The first kappa shape index (κ1) is 16.0. The van der Waals surface area contributed by atoms with Crippen LogP contribution in [0, 0.1) is 13.8 Å². The number of anilines is 1. The van der Waals surface area contributed by atoms with Gasteiger partial charge in [-0.25, -0.2) is 13.4 Å². The molecule has 1 saturated heterocycles. The third kappa shape index (κ3) is 3.24. The number of rotatable bonds is 3. The maximum Gasteiger partial charge on any atom is 0.177 e. The van der Waals surface area contributed by atoms with Gasteiger partial charge in [0.05, 0.1) is 10.9 Å². The highest BCUT2D eigenvalue weighted by molar-refractivity contribution is 7.90. The number of aryl methyl sites for hydroxylation is 2. The molecule has 1 aliphatic rings. The zero-order chi connectivity index (χ0) is 16.6. The van der Waals surface area contributed by atoms with E-state index in [9.17, 15) is 8.42 Å². The monoisotopic (exact) mass is 330 g/mol. The molecule has 0 saturated carbocycles. The number of pyridine rings is 1. The first-order chi connectivity index (χ1) is 10.9. The lowest BCUT2D eigenvalue weighted by molar-refractivity contribution is 0.601. The number of aromatic nitrogens is 1. The molecule has 3 rings (SSSR count). The largest absolute Gasteiger partial charge is 0.350 e. The highest BCUT2D eigenvalue weighted by Crippen LogP contribution is 2.37. The van der Waals surface area contributed by atoms with Crippen molar-refractivity contribution in [1.82, 2.24) is 4.98 Å². The van der Waals surface area contributed by atoms with Gasteiger partial charge in [0.15, 0.2) is 9.84 Å². The van der Waals surface area contributed by atoms with Crippen molar-refractivity contribution in [2.45, 2.75) is 37.6 Å². The minimum absolute atomic E-state index is 0.267. The summed E-state index contributed by atoms with van der Waals surface area (Å²) in [4.78, 5) is 6.95. The summed E-state index contributed by atoms with van der Waals surface area (Å²) in [5.41, 5.74) is 3.90. The first-order valence-corrected chi connectivity index (χ1v) is 9.75. The minimum atomic E-state index is -3.20. The van der Waals surface area contributed by atoms with Gasteiger partial charge < -0.3 is 4.90 Å². The van der Waals surface area contributed by atoms with Crippen LogP contribution in [0.2, 0.25) is 0 Å². The molecule has 1 aromatic heterocycles. The van der Waals surface area contributed by atoms with Crippen molar-refractivity contribution in [2.24, 2.45) is 0 Å². The third-order valence-corrected chi connectivity index (χ3v) is 5.59. The number of hydrogen-bond donors (Lipinski definition) is 0. The number of nitrogens with zero attached hydrogens (tertiary/aromatic N) is 2. The standard InChI is InChI=1S/C18H22N2O2S/c1-13-6-7-14(2)16(11-13)17-5-4-10-20(17)18-9-8-15(12-19-18)23(3,21)22/h6-9,11-12,17H,4-5,10H2,1-3H3. The van der Waals surface area contributed by atoms with E-state index in [1.54, 1.807) is 6.07 Å². The zero-order valence-corrected chi connectivity index (χ0v) is 14.6. The van der Waals surface area contributed by atoms with Crippen LogP contribution in [0.3, 0.4) is 0 Å². The Hall–Kier alpha value is -1.88. The van der Waals surface area contributed by atoms with Gasteiger partial charge in [0.25, 0.3) is 0 Å². The normalized spacial score (nSPS) is 18.4. The molecule has 1 aliphatic heterocycles. The molecule has 2 aromatic rings. The molecule has 0 bridgehead atoms. The van der Waals surface area contributed by atoms with Crippen molar-refractivity contribution in [3.05, 3.63) is 53.2 Å². The van der Waals surface area contributed by atoms with Crippen LogP contribution < -0.4 is 4.90 Å². The Balaban J connectivity index is 1.94. The summed E-state index contributed by atoms with van der Waals surface area (Å²) in [6.07, 6.45) is 4.88. The molecule has 1 fully saturated rings. The maximum atomic E-state index is 11.6. The van der Waals surface area contributed by atoms with Crippen LogP contribution in [0.5, 0.6) is 0 Å². The van der Waals surface area contributed by atoms with Gasteiger partial charge in [-0.3, -0.25) is 0 Å². The summed E-state index contributed by atoms with van der Waals surface area (Å²) in [6, 6.07) is 10.3. The predicted octanol–water partition coefficient (Wildman–Crippen LogP) is 3.44. The Morgan fingerprint density at radius 2 is 1.96 bits per heavy atom. The molecule has 122 valence electrons. The molecule has 1 unspecified atom stereocenters. The van der Waals surface area contributed by atoms with E-state index in [1.807, 2.05) is 6.07 Å². The fourth-order valence-electron chi connectivity index (χ4n) is 3.24. The van der Waals surface area contributed by atoms with Crippen LogP contribution in [0.4, 0.5) is 5.82 Å². The molecule has 0 radical (unpaired) electrons. The Labute approximate surface area is 138 Å². The van der Waals surface area contributed by atoms with Gasteiger partial charge in [-0.2, -0.15) is 0 Å². The Kier molecular flexibility index (Phi) is 4.15. The van der Waals surface area contributed by atoms with Gasteiger partial charge in [0, 0.05) is 19.0 Å². The Morgan fingerprint density at radius 3 is 2.61 bits per heavy atom. The van der Waals surface area contributed by atoms with Crippen molar-refractivity contribution in [3.63, 3.8) is 0 Å². The van der Waals surface area contributed by atoms with E-state index in [-0.39, 0.29) is 4.90 Å². The van der Waals surface area contributed by atoms with E-state index in [2.05, 4.69) is 41.9 Å². The summed E-state index contributed by atoms with van der Waals surface area (Å²) >= 11 is 0. The lowest BCUT2D eigenvalue weighted by Gasteiger charge is -2.27. The van der Waals surface area contributed by atoms with E-state index < -0.39 is 9.84 Å². The summed E-state index contributed by atoms with van der Waals surface area (Å²) in [7, 11) is -3.20. The van der Waals surface area contributed by atoms with Crippen molar-refractivity contribution in [1.29, 1.82) is 0 Å². The van der Waals surface area contributed by atoms with Crippen LogP contribution in [0.1, 0.15) is 35.6 Å². The zero-order valence-electron chi connectivity index (χ0n) is 13.8. The van der Waals surface area contributed by atoms with Gasteiger partial charge >= 0.3 is 0 Å². The molecule has 0 N–H and O–H groups in total. The van der Waals surface area contributed by atoms with E-state index in [0.29, 0.717) is 6.04 Å². The second-order valence-corrected chi connectivity index (χ2v) is 8.35. The Bertz CT molecular complexity index is 813. The summed E-state index contributed by atoms with van der Waals surface area (Å²) in [5.74, 6) is 0.848. The summed E-state index contributed by atoms with van der Waals surface area (Å²) in [5, 5.41) is 0. The third-order valence-electron chi connectivity index (χ3n) is 4.49. The van der Waals surface area contributed by atoms with Gasteiger partial charge in [-0.05, 0) is 49.9 Å². The summed E-state index contributed by atoms with van der Waals surface area (Å²) in [6.45, 7) is 5.20. The van der Waals surface area contributed by atoms with Crippen molar-refractivity contribution < 1.29 is 8.42 Å². The predicted molar refractivity (Wildman–Crippen MR) is 92.6 cm³/mol. The molecule has 0 aliphatic carbocycles. The molecule has 0 amide bonds. The molecular weight excluding hydrogens is 308 g/mol.